The number of ether oxygens (including phenoxy) is 1. The van der Waals surface area contributed by atoms with Crippen LogP contribution in [0.15, 0.2) is 0 Å². The van der Waals surface area contributed by atoms with Crippen LogP contribution in [0.4, 0.5) is 11.5 Å². The molecule has 0 aliphatic carbocycles. The van der Waals surface area contributed by atoms with E-state index in [-0.39, 0.29) is 18.3 Å². The molecule has 1 rings (SSSR count). The fourth-order valence-electron chi connectivity index (χ4n) is 1.95. The van der Waals surface area contributed by atoms with E-state index < -0.39 is 10.9 Å². The minimum Gasteiger partial charge on any atom is -0.468 e. The van der Waals surface area contributed by atoms with Crippen LogP contribution in [0.5, 0.6) is 0 Å². The first-order valence-electron chi connectivity index (χ1n) is 6.38. The summed E-state index contributed by atoms with van der Waals surface area (Å²) >= 11 is 0. The molecule has 0 aromatic carbocycles. The van der Waals surface area contributed by atoms with Gasteiger partial charge >= 0.3 is 11.7 Å². The Morgan fingerprint density at radius 3 is 2.55 bits per heavy atom. The highest BCUT2D eigenvalue weighted by molar-refractivity contribution is 5.77. The summed E-state index contributed by atoms with van der Waals surface area (Å²) in [6, 6.07) is -0.0518. The van der Waals surface area contributed by atoms with Crippen molar-refractivity contribution >= 4 is 17.5 Å². The van der Waals surface area contributed by atoms with Gasteiger partial charge < -0.3 is 9.64 Å². The Hall–Kier alpha value is -2.12. The summed E-state index contributed by atoms with van der Waals surface area (Å²) in [5, 5.41) is 15.5. The summed E-state index contributed by atoms with van der Waals surface area (Å²) < 4.78 is 6.20. The fraction of sp³-hybridized carbons (Fsp3) is 0.667. The maximum absolute atomic E-state index is 11.5. The Morgan fingerprint density at radius 1 is 1.55 bits per heavy atom. The standard InChI is InChI=1S/C12H20N4O4/c1-6-14(7-10(17)20-5)12-11(16(18)19)9(4)13-15(12)8(2)3/h8H,6-7H2,1-5H3. The minimum atomic E-state index is -0.462. The minimum absolute atomic E-state index is 0.0499. The first-order valence-corrected chi connectivity index (χ1v) is 6.38. The van der Waals surface area contributed by atoms with Crippen LogP contribution < -0.4 is 4.90 Å². The van der Waals surface area contributed by atoms with Crippen LogP contribution >= 0.6 is 0 Å². The van der Waals surface area contributed by atoms with Crippen molar-refractivity contribution in [2.45, 2.75) is 33.7 Å². The van der Waals surface area contributed by atoms with E-state index in [4.69, 9.17) is 0 Å². The molecule has 0 bridgehead atoms. The summed E-state index contributed by atoms with van der Waals surface area (Å²) in [5.74, 6) is -0.106. The van der Waals surface area contributed by atoms with Crippen LogP contribution in [0.1, 0.15) is 32.5 Å². The van der Waals surface area contributed by atoms with Crippen molar-refractivity contribution in [3.05, 3.63) is 15.8 Å². The molecule has 0 atom stereocenters. The SMILES string of the molecule is CCN(CC(=O)OC)c1c([N+](=O)[O-])c(C)nn1C(C)C. The zero-order valence-electron chi connectivity index (χ0n) is 12.4. The smallest absolute Gasteiger partial charge is 0.333 e. The van der Waals surface area contributed by atoms with Crippen molar-refractivity contribution < 1.29 is 14.5 Å². The van der Waals surface area contributed by atoms with E-state index in [1.165, 1.54) is 7.11 Å². The molecule has 1 heterocycles. The molecule has 8 heteroatoms. The zero-order valence-corrected chi connectivity index (χ0v) is 12.4. The van der Waals surface area contributed by atoms with Crippen molar-refractivity contribution in [1.82, 2.24) is 9.78 Å². The maximum Gasteiger partial charge on any atom is 0.333 e. The lowest BCUT2D eigenvalue weighted by molar-refractivity contribution is -0.384. The molecule has 8 nitrogen and oxygen atoms in total. The third kappa shape index (κ3) is 3.06. The van der Waals surface area contributed by atoms with Crippen molar-refractivity contribution in [2.24, 2.45) is 0 Å². The molecule has 0 saturated carbocycles. The van der Waals surface area contributed by atoms with Gasteiger partial charge in [0.05, 0.1) is 12.0 Å². The molecule has 20 heavy (non-hydrogen) atoms. The van der Waals surface area contributed by atoms with Crippen LogP contribution in [0.3, 0.4) is 0 Å². The van der Waals surface area contributed by atoms with Gasteiger partial charge in [0.1, 0.15) is 12.2 Å². The number of esters is 1. The van der Waals surface area contributed by atoms with Crippen LogP contribution in [0, 0.1) is 17.0 Å². The highest BCUT2D eigenvalue weighted by Gasteiger charge is 2.31. The number of carbonyl (C=O) groups is 1. The number of hydrogen-bond donors (Lipinski definition) is 0. The monoisotopic (exact) mass is 284 g/mol. The maximum atomic E-state index is 11.5. The van der Waals surface area contributed by atoms with Gasteiger partial charge in [-0.25, -0.2) is 4.68 Å². The Labute approximate surface area is 117 Å². The zero-order chi connectivity index (χ0) is 15.4. The predicted molar refractivity (Wildman–Crippen MR) is 73.9 cm³/mol. The second-order valence-corrected chi connectivity index (χ2v) is 4.64. The van der Waals surface area contributed by atoms with Crippen LogP contribution in [0.25, 0.3) is 0 Å². The van der Waals surface area contributed by atoms with Gasteiger partial charge in [0, 0.05) is 12.6 Å². The average Bonchev–Trinajstić information content (AvgIpc) is 2.73. The Bertz CT molecular complexity index is 510. The first-order chi connectivity index (χ1) is 9.33. The van der Waals surface area contributed by atoms with E-state index in [0.29, 0.717) is 18.1 Å². The number of methoxy groups -OCH3 is 1. The third-order valence-corrected chi connectivity index (χ3v) is 2.93. The number of nitro groups is 1. The van der Waals surface area contributed by atoms with Gasteiger partial charge in [-0.3, -0.25) is 14.9 Å². The topological polar surface area (TPSA) is 90.5 Å². The lowest BCUT2D eigenvalue weighted by Crippen LogP contribution is -2.33. The van der Waals surface area contributed by atoms with E-state index in [2.05, 4.69) is 9.84 Å². The summed E-state index contributed by atoms with van der Waals surface area (Å²) in [6.45, 7) is 7.56. The van der Waals surface area contributed by atoms with E-state index >= 15 is 0 Å². The normalized spacial score (nSPS) is 10.7. The molecule has 0 radical (unpaired) electrons. The van der Waals surface area contributed by atoms with Crippen LogP contribution in [-0.2, 0) is 9.53 Å². The molecule has 0 amide bonds. The highest BCUT2D eigenvalue weighted by Crippen LogP contribution is 2.33. The molecular weight excluding hydrogens is 264 g/mol. The second-order valence-electron chi connectivity index (χ2n) is 4.64. The largest absolute Gasteiger partial charge is 0.468 e. The Balaban J connectivity index is 3.37. The van der Waals surface area contributed by atoms with Gasteiger partial charge in [-0.2, -0.15) is 5.10 Å². The van der Waals surface area contributed by atoms with E-state index in [9.17, 15) is 14.9 Å². The van der Waals surface area contributed by atoms with Crippen molar-refractivity contribution in [1.29, 1.82) is 0 Å². The highest BCUT2D eigenvalue weighted by atomic mass is 16.6. The lowest BCUT2D eigenvalue weighted by Gasteiger charge is -2.22. The van der Waals surface area contributed by atoms with E-state index in [1.807, 2.05) is 20.8 Å². The number of carbonyl (C=O) groups excluding carboxylic acids is 1. The molecule has 0 aliphatic rings. The molecule has 0 fully saturated rings. The van der Waals surface area contributed by atoms with Gasteiger partial charge in [0.15, 0.2) is 0 Å². The predicted octanol–water partition coefficient (Wildman–Crippen LogP) is 1.68. The molecule has 0 aliphatic heterocycles. The molecule has 112 valence electrons. The number of likely N-dealkylation sites (N-methyl/N-ethyl adjacent to an activating group) is 1. The second kappa shape index (κ2) is 6.36. The molecule has 0 spiro atoms. The van der Waals surface area contributed by atoms with Gasteiger partial charge in [0.2, 0.25) is 5.82 Å². The van der Waals surface area contributed by atoms with Gasteiger partial charge in [-0.1, -0.05) is 0 Å². The number of nitrogens with zero attached hydrogens (tertiary/aromatic N) is 4. The molecule has 0 saturated heterocycles. The Morgan fingerprint density at radius 2 is 2.15 bits per heavy atom. The summed E-state index contributed by atoms with van der Waals surface area (Å²) in [7, 11) is 1.29. The number of aromatic nitrogens is 2. The average molecular weight is 284 g/mol. The van der Waals surface area contributed by atoms with Crippen molar-refractivity contribution in [3.8, 4) is 0 Å². The van der Waals surface area contributed by atoms with Crippen molar-refractivity contribution in [2.75, 3.05) is 25.1 Å². The van der Waals surface area contributed by atoms with Crippen LogP contribution in [0.2, 0.25) is 0 Å². The molecule has 0 N–H and O–H groups in total. The fourth-order valence-corrected chi connectivity index (χ4v) is 1.95. The molecule has 0 unspecified atom stereocenters. The number of anilines is 1. The van der Waals surface area contributed by atoms with Gasteiger partial charge in [0.25, 0.3) is 0 Å². The number of hydrogen-bond acceptors (Lipinski definition) is 6. The van der Waals surface area contributed by atoms with Gasteiger partial charge in [-0.15, -0.1) is 0 Å². The molecular formula is C12H20N4O4. The molecule has 1 aromatic heterocycles. The van der Waals surface area contributed by atoms with Crippen molar-refractivity contribution in [3.63, 3.8) is 0 Å². The van der Waals surface area contributed by atoms with Crippen LogP contribution in [-0.4, -0.2) is 40.9 Å². The number of aryl methyl sites for hydroxylation is 1. The van der Waals surface area contributed by atoms with E-state index in [0.717, 1.165) is 0 Å². The quantitative estimate of drug-likeness (QED) is 0.448. The molecule has 1 aromatic rings. The first kappa shape index (κ1) is 15.9. The van der Waals surface area contributed by atoms with Gasteiger partial charge in [-0.05, 0) is 27.7 Å². The number of rotatable bonds is 6. The summed E-state index contributed by atoms with van der Waals surface area (Å²) in [5.41, 5.74) is 0.270. The third-order valence-electron chi connectivity index (χ3n) is 2.93. The summed E-state index contributed by atoms with van der Waals surface area (Å²) in [4.78, 5) is 23.9. The van der Waals surface area contributed by atoms with E-state index in [1.54, 1.807) is 16.5 Å². The summed E-state index contributed by atoms with van der Waals surface area (Å²) in [6.07, 6.45) is 0. The Kier molecular flexibility index (Phi) is 5.06. The lowest BCUT2D eigenvalue weighted by atomic mass is 10.3.